The van der Waals surface area contributed by atoms with E-state index < -0.39 is 11.7 Å². The normalized spacial score (nSPS) is 22.5. The summed E-state index contributed by atoms with van der Waals surface area (Å²) < 4.78 is 40.7. The first-order valence-electron chi connectivity index (χ1n) is 11.1. The predicted octanol–water partition coefficient (Wildman–Crippen LogP) is 4.53. The van der Waals surface area contributed by atoms with Gasteiger partial charge in [-0.05, 0) is 56.0 Å². The van der Waals surface area contributed by atoms with Crippen LogP contribution in [0.15, 0.2) is 47.9 Å². The number of nitrogens with zero attached hydrogens (tertiary/aromatic N) is 6. The van der Waals surface area contributed by atoms with E-state index in [1.165, 1.54) is 12.1 Å². The van der Waals surface area contributed by atoms with E-state index in [1.807, 2.05) is 6.07 Å². The molecule has 0 spiro atoms. The summed E-state index contributed by atoms with van der Waals surface area (Å²) in [5.41, 5.74) is 1.42. The lowest BCUT2D eigenvalue weighted by Gasteiger charge is -2.21. The van der Waals surface area contributed by atoms with Crippen LogP contribution >= 0.6 is 11.8 Å². The van der Waals surface area contributed by atoms with Gasteiger partial charge in [-0.15, -0.1) is 10.2 Å². The maximum absolute atomic E-state index is 12.9. The quantitative estimate of drug-likeness (QED) is 0.353. The Morgan fingerprint density at radius 2 is 1.94 bits per heavy atom. The molecule has 10 heteroatoms. The van der Waals surface area contributed by atoms with E-state index >= 15 is 0 Å². The summed E-state index contributed by atoms with van der Waals surface area (Å²) in [5, 5.41) is 17.3. The van der Waals surface area contributed by atoms with E-state index in [4.69, 9.17) is 0 Å². The number of benzene rings is 1. The number of aromatic nitrogens is 5. The molecule has 174 valence electrons. The molecule has 1 aliphatic carbocycles. The Hall–Kier alpha value is -2.46. The summed E-state index contributed by atoms with van der Waals surface area (Å²) in [5.74, 6) is 2.29. The van der Waals surface area contributed by atoms with Crippen LogP contribution in [-0.4, -0.2) is 55.2 Å². The van der Waals surface area contributed by atoms with Gasteiger partial charge in [0.2, 0.25) is 0 Å². The predicted molar refractivity (Wildman–Crippen MR) is 120 cm³/mol. The van der Waals surface area contributed by atoms with Gasteiger partial charge in [-0.3, -0.25) is 0 Å². The second-order valence-electron chi connectivity index (χ2n) is 8.75. The number of hydrogen-bond acceptors (Lipinski definition) is 6. The number of rotatable bonds is 8. The van der Waals surface area contributed by atoms with Gasteiger partial charge in [-0.1, -0.05) is 23.9 Å². The lowest BCUT2D eigenvalue weighted by molar-refractivity contribution is -0.137. The van der Waals surface area contributed by atoms with Crippen LogP contribution in [0.4, 0.5) is 13.2 Å². The average Bonchev–Trinajstić information content (AvgIpc) is 3.17. The van der Waals surface area contributed by atoms with Gasteiger partial charge in [0, 0.05) is 36.4 Å². The Morgan fingerprint density at radius 3 is 2.64 bits per heavy atom. The zero-order valence-corrected chi connectivity index (χ0v) is 19.1. The second kappa shape index (κ2) is 8.72. The minimum atomic E-state index is -4.28. The first-order chi connectivity index (χ1) is 15.9. The van der Waals surface area contributed by atoms with Crippen molar-refractivity contribution in [1.29, 1.82) is 0 Å². The highest BCUT2D eigenvalue weighted by molar-refractivity contribution is 7.99. The molecule has 1 saturated heterocycles. The van der Waals surface area contributed by atoms with E-state index in [2.05, 4.69) is 36.8 Å². The molecule has 33 heavy (non-hydrogen) atoms. The summed E-state index contributed by atoms with van der Waals surface area (Å²) in [6.07, 6.45) is 1.15. The van der Waals surface area contributed by atoms with Gasteiger partial charge in [-0.25, -0.2) is 0 Å². The smallest absolute Gasteiger partial charge is 0.302 e. The first kappa shape index (κ1) is 22.3. The fourth-order valence-electron chi connectivity index (χ4n) is 4.96. The molecule has 3 heterocycles. The molecule has 1 aliphatic heterocycles. The fourth-order valence-corrected chi connectivity index (χ4v) is 5.89. The average molecular weight is 475 g/mol. The van der Waals surface area contributed by atoms with Gasteiger partial charge < -0.3 is 9.47 Å². The van der Waals surface area contributed by atoms with E-state index in [-0.39, 0.29) is 5.41 Å². The Labute approximate surface area is 194 Å². The molecular weight excluding hydrogens is 449 g/mol. The van der Waals surface area contributed by atoms with Crippen LogP contribution in [0.1, 0.15) is 30.9 Å². The first-order valence-corrected chi connectivity index (χ1v) is 12.1. The third kappa shape index (κ3) is 4.38. The Balaban J connectivity index is 1.13. The summed E-state index contributed by atoms with van der Waals surface area (Å²) in [7, 11) is 0. The van der Waals surface area contributed by atoms with E-state index in [0.717, 1.165) is 66.9 Å². The van der Waals surface area contributed by atoms with Crippen LogP contribution in [0.3, 0.4) is 0 Å². The largest absolute Gasteiger partial charge is 0.416 e. The summed E-state index contributed by atoms with van der Waals surface area (Å²) in [6.45, 7) is 5.78. The SMILES string of the molecule is CCn1c(SCCCN2C[C@@H]3C[C@]3(c3ccc(C(F)(F)F)cc3)C2)nnc1-c1ccnnc1. The van der Waals surface area contributed by atoms with Crippen molar-refractivity contribution in [2.45, 2.75) is 43.1 Å². The van der Waals surface area contributed by atoms with E-state index in [0.29, 0.717) is 5.92 Å². The highest BCUT2D eigenvalue weighted by Gasteiger charge is 2.60. The molecular formula is C23H25F3N6S. The van der Waals surface area contributed by atoms with Crippen molar-refractivity contribution >= 4 is 11.8 Å². The van der Waals surface area contributed by atoms with Gasteiger partial charge in [0.15, 0.2) is 11.0 Å². The summed E-state index contributed by atoms with van der Waals surface area (Å²) >= 11 is 1.70. The van der Waals surface area contributed by atoms with E-state index in [9.17, 15) is 13.2 Å². The molecule has 2 atom stereocenters. The maximum atomic E-state index is 12.9. The maximum Gasteiger partial charge on any atom is 0.416 e. The minimum Gasteiger partial charge on any atom is -0.302 e. The number of thioether (sulfide) groups is 1. The Morgan fingerprint density at radius 1 is 1.12 bits per heavy atom. The van der Waals surface area contributed by atoms with Crippen molar-refractivity contribution in [2.24, 2.45) is 5.92 Å². The third-order valence-electron chi connectivity index (χ3n) is 6.73. The van der Waals surface area contributed by atoms with Gasteiger partial charge in [0.1, 0.15) is 0 Å². The number of hydrogen-bond donors (Lipinski definition) is 0. The molecule has 6 nitrogen and oxygen atoms in total. The van der Waals surface area contributed by atoms with Crippen LogP contribution in [0.25, 0.3) is 11.4 Å². The molecule has 2 aromatic heterocycles. The molecule has 3 aromatic rings. The standard InChI is InChI=1S/C23H25F3N6S/c1-2-32-20(16-8-9-27-28-13-16)29-30-21(32)33-11-3-10-31-14-19-12-22(19,15-31)17-4-6-18(7-5-17)23(24,25)26/h4-9,13,19H,2-3,10-12,14-15H2,1H3/t19-,22+/m0/s1. The van der Waals surface area contributed by atoms with Crippen molar-refractivity contribution < 1.29 is 13.2 Å². The highest BCUT2D eigenvalue weighted by Crippen LogP contribution is 2.59. The highest BCUT2D eigenvalue weighted by atomic mass is 32.2. The van der Waals surface area contributed by atoms with E-state index in [1.54, 1.807) is 36.3 Å². The van der Waals surface area contributed by atoms with Crippen LogP contribution in [0.5, 0.6) is 0 Å². The lowest BCUT2D eigenvalue weighted by Crippen LogP contribution is -2.28. The molecule has 1 saturated carbocycles. The number of alkyl halides is 3. The van der Waals surface area contributed by atoms with Crippen LogP contribution in [0.2, 0.25) is 0 Å². The van der Waals surface area contributed by atoms with Crippen LogP contribution < -0.4 is 0 Å². The second-order valence-corrected chi connectivity index (χ2v) is 9.81. The van der Waals surface area contributed by atoms with Crippen molar-refractivity contribution in [3.63, 3.8) is 0 Å². The topological polar surface area (TPSA) is 59.7 Å². The zero-order valence-electron chi connectivity index (χ0n) is 18.3. The number of likely N-dealkylation sites (tertiary alicyclic amines) is 1. The number of piperidine rings is 1. The molecule has 2 aliphatic rings. The Kier molecular flexibility index (Phi) is 5.90. The molecule has 5 rings (SSSR count). The third-order valence-corrected chi connectivity index (χ3v) is 7.78. The molecule has 2 fully saturated rings. The fraction of sp³-hybridized carbons (Fsp3) is 0.478. The van der Waals surface area contributed by atoms with Gasteiger partial charge in [0.25, 0.3) is 0 Å². The molecule has 0 bridgehead atoms. The van der Waals surface area contributed by atoms with Gasteiger partial charge in [-0.2, -0.15) is 23.4 Å². The number of halogens is 3. The van der Waals surface area contributed by atoms with Crippen molar-refractivity contribution in [2.75, 3.05) is 25.4 Å². The number of fused-ring (bicyclic) bond motifs is 1. The van der Waals surface area contributed by atoms with Gasteiger partial charge in [0.05, 0.1) is 18.0 Å². The molecule has 0 amide bonds. The molecule has 0 N–H and O–H groups in total. The van der Waals surface area contributed by atoms with Crippen molar-refractivity contribution in [1.82, 2.24) is 29.9 Å². The minimum absolute atomic E-state index is 0.0487. The van der Waals surface area contributed by atoms with Crippen LogP contribution in [-0.2, 0) is 18.1 Å². The van der Waals surface area contributed by atoms with Crippen molar-refractivity contribution in [3.8, 4) is 11.4 Å². The van der Waals surface area contributed by atoms with Gasteiger partial charge >= 0.3 is 6.18 Å². The molecule has 0 unspecified atom stereocenters. The Bertz CT molecular complexity index is 1100. The van der Waals surface area contributed by atoms with Crippen LogP contribution in [0, 0.1) is 5.92 Å². The monoisotopic (exact) mass is 474 g/mol. The molecule has 1 aromatic carbocycles. The van der Waals surface area contributed by atoms with Crippen molar-refractivity contribution in [3.05, 3.63) is 53.9 Å². The summed E-state index contributed by atoms with van der Waals surface area (Å²) in [6, 6.07) is 7.67. The molecule has 0 radical (unpaired) electrons. The zero-order chi connectivity index (χ0) is 23.1. The lowest BCUT2D eigenvalue weighted by atomic mass is 9.94. The summed E-state index contributed by atoms with van der Waals surface area (Å²) in [4.78, 5) is 2.45.